The third-order valence-electron chi connectivity index (χ3n) is 3.94. The molecule has 5 heteroatoms. The van der Waals surface area contributed by atoms with Gasteiger partial charge in [-0.2, -0.15) is 0 Å². The summed E-state index contributed by atoms with van der Waals surface area (Å²) in [6.45, 7) is 4.52. The first-order chi connectivity index (χ1) is 11.3. The quantitative estimate of drug-likeness (QED) is 0.719. The van der Waals surface area contributed by atoms with Gasteiger partial charge in [-0.3, -0.25) is 0 Å². The number of ether oxygens (including phenoxy) is 1. The molecule has 0 aliphatic heterocycles. The highest BCUT2D eigenvalue weighted by atomic mass is 32.2. The largest absolute Gasteiger partial charge is 0.494 e. The molecule has 0 N–H and O–H groups in total. The molecular formula is C19H25NO3S. The molecule has 130 valence electrons. The van der Waals surface area contributed by atoms with Crippen molar-refractivity contribution in [1.82, 2.24) is 4.31 Å². The standard InChI is InChI=1S/C19H25NO3S/c1-15-13-18(23-11-8-12-24(21,22)20(3)4)14-16(2)19(15)17-9-6-5-7-10-17/h5-7,9-10,13-14H,8,11-12H2,1-4H3. The molecule has 2 aromatic rings. The zero-order valence-electron chi connectivity index (χ0n) is 14.7. The number of benzene rings is 2. The second-order valence-corrected chi connectivity index (χ2v) is 8.40. The highest BCUT2D eigenvalue weighted by molar-refractivity contribution is 7.89. The van der Waals surface area contributed by atoms with Crippen LogP contribution in [-0.2, 0) is 10.0 Å². The van der Waals surface area contributed by atoms with Gasteiger partial charge in [0.05, 0.1) is 12.4 Å². The summed E-state index contributed by atoms with van der Waals surface area (Å²) in [6, 6.07) is 14.3. The zero-order valence-corrected chi connectivity index (χ0v) is 15.6. The fourth-order valence-electron chi connectivity index (χ4n) is 2.68. The SMILES string of the molecule is Cc1cc(OCCCS(=O)(=O)N(C)C)cc(C)c1-c1ccccc1. The summed E-state index contributed by atoms with van der Waals surface area (Å²) in [5, 5.41) is 0. The molecule has 0 radical (unpaired) electrons. The van der Waals surface area contributed by atoms with Crippen molar-refractivity contribution in [3.63, 3.8) is 0 Å². The van der Waals surface area contributed by atoms with Crippen LogP contribution in [0.1, 0.15) is 17.5 Å². The molecule has 0 fully saturated rings. The van der Waals surface area contributed by atoms with E-state index in [0.717, 1.165) is 16.9 Å². The smallest absolute Gasteiger partial charge is 0.213 e. The van der Waals surface area contributed by atoms with E-state index in [4.69, 9.17) is 4.74 Å². The minimum absolute atomic E-state index is 0.0973. The minimum atomic E-state index is -3.16. The van der Waals surface area contributed by atoms with E-state index in [0.29, 0.717) is 13.0 Å². The van der Waals surface area contributed by atoms with Gasteiger partial charge in [-0.15, -0.1) is 0 Å². The molecule has 0 atom stereocenters. The first kappa shape index (κ1) is 18.5. The van der Waals surface area contributed by atoms with Crippen LogP contribution in [0.5, 0.6) is 5.75 Å². The van der Waals surface area contributed by atoms with Crippen molar-refractivity contribution in [2.75, 3.05) is 26.5 Å². The van der Waals surface area contributed by atoms with Crippen LogP contribution in [-0.4, -0.2) is 39.2 Å². The predicted molar refractivity (Wildman–Crippen MR) is 98.9 cm³/mol. The van der Waals surface area contributed by atoms with E-state index in [-0.39, 0.29) is 5.75 Å². The second kappa shape index (κ2) is 7.81. The van der Waals surface area contributed by atoms with Crippen LogP contribution in [0.4, 0.5) is 0 Å². The zero-order chi connectivity index (χ0) is 17.7. The van der Waals surface area contributed by atoms with Crippen LogP contribution in [0.2, 0.25) is 0 Å². The van der Waals surface area contributed by atoms with Gasteiger partial charge in [0.25, 0.3) is 0 Å². The molecule has 0 spiro atoms. The van der Waals surface area contributed by atoms with Gasteiger partial charge < -0.3 is 4.74 Å². The molecule has 2 rings (SSSR count). The summed E-state index contributed by atoms with van der Waals surface area (Å²) in [5.41, 5.74) is 4.71. The van der Waals surface area contributed by atoms with E-state index in [2.05, 4.69) is 26.0 Å². The van der Waals surface area contributed by atoms with Crippen molar-refractivity contribution in [2.45, 2.75) is 20.3 Å². The number of sulfonamides is 1. The first-order valence-corrected chi connectivity index (χ1v) is 9.62. The van der Waals surface area contributed by atoms with E-state index in [9.17, 15) is 8.42 Å². The van der Waals surface area contributed by atoms with Gasteiger partial charge in [0, 0.05) is 14.1 Å². The summed E-state index contributed by atoms with van der Waals surface area (Å²) >= 11 is 0. The Bertz CT molecular complexity index is 761. The monoisotopic (exact) mass is 347 g/mol. The molecule has 0 heterocycles. The molecule has 0 bridgehead atoms. The van der Waals surface area contributed by atoms with Crippen LogP contribution in [0.3, 0.4) is 0 Å². The van der Waals surface area contributed by atoms with Gasteiger partial charge >= 0.3 is 0 Å². The van der Waals surface area contributed by atoms with Gasteiger partial charge in [-0.25, -0.2) is 12.7 Å². The normalized spacial score (nSPS) is 11.7. The van der Waals surface area contributed by atoms with Gasteiger partial charge in [0.15, 0.2) is 0 Å². The molecule has 0 aliphatic rings. The van der Waals surface area contributed by atoms with Gasteiger partial charge in [0.1, 0.15) is 5.75 Å². The summed E-state index contributed by atoms with van der Waals surface area (Å²) in [5.74, 6) is 0.881. The molecule has 0 amide bonds. The average Bonchev–Trinajstić information content (AvgIpc) is 2.52. The lowest BCUT2D eigenvalue weighted by molar-refractivity contribution is 0.316. The van der Waals surface area contributed by atoms with Crippen LogP contribution in [0.25, 0.3) is 11.1 Å². The maximum Gasteiger partial charge on any atom is 0.213 e. The van der Waals surface area contributed by atoms with Crippen molar-refractivity contribution in [1.29, 1.82) is 0 Å². The molecule has 0 saturated carbocycles. The molecule has 0 saturated heterocycles. The first-order valence-electron chi connectivity index (χ1n) is 8.01. The highest BCUT2D eigenvalue weighted by Gasteiger charge is 2.13. The summed E-state index contributed by atoms with van der Waals surface area (Å²) in [4.78, 5) is 0. The van der Waals surface area contributed by atoms with E-state index in [1.807, 2.05) is 30.3 Å². The van der Waals surface area contributed by atoms with Gasteiger partial charge in [-0.05, 0) is 54.7 Å². The van der Waals surface area contributed by atoms with Crippen molar-refractivity contribution in [3.05, 3.63) is 53.6 Å². The molecule has 0 unspecified atom stereocenters. The summed E-state index contributed by atoms with van der Waals surface area (Å²) in [6.07, 6.45) is 0.471. The lowest BCUT2D eigenvalue weighted by atomic mass is 9.95. The number of nitrogens with zero attached hydrogens (tertiary/aromatic N) is 1. The van der Waals surface area contributed by atoms with Gasteiger partial charge in [-0.1, -0.05) is 30.3 Å². The van der Waals surface area contributed by atoms with E-state index >= 15 is 0 Å². The Hall–Kier alpha value is -1.85. The fraction of sp³-hybridized carbons (Fsp3) is 0.368. The van der Waals surface area contributed by atoms with E-state index in [1.54, 1.807) is 14.1 Å². The third kappa shape index (κ3) is 4.58. The lowest BCUT2D eigenvalue weighted by Gasteiger charge is -2.14. The summed E-state index contributed by atoms with van der Waals surface area (Å²) in [7, 11) is -0.0647. The average molecular weight is 347 g/mol. The van der Waals surface area contributed by atoms with Crippen LogP contribution in [0, 0.1) is 13.8 Å². The lowest BCUT2D eigenvalue weighted by Crippen LogP contribution is -2.25. The molecule has 0 aliphatic carbocycles. The fourth-order valence-corrected chi connectivity index (χ4v) is 3.53. The Morgan fingerprint density at radius 2 is 1.58 bits per heavy atom. The van der Waals surface area contributed by atoms with E-state index in [1.165, 1.54) is 15.4 Å². The number of hydrogen-bond acceptors (Lipinski definition) is 3. The van der Waals surface area contributed by atoms with Gasteiger partial charge in [0.2, 0.25) is 10.0 Å². The predicted octanol–water partition coefficient (Wildman–Crippen LogP) is 3.63. The van der Waals surface area contributed by atoms with Crippen molar-refractivity contribution < 1.29 is 13.2 Å². The van der Waals surface area contributed by atoms with Crippen molar-refractivity contribution >= 4 is 10.0 Å². The molecular weight excluding hydrogens is 322 g/mol. The molecule has 4 nitrogen and oxygen atoms in total. The topological polar surface area (TPSA) is 46.6 Å². The Balaban J connectivity index is 2.04. The highest BCUT2D eigenvalue weighted by Crippen LogP contribution is 2.30. The van der Waals surface area contributed by atoms with Crippen LogP contribution >= 0.6 is 0 Å². The molecule has 2 aromatic carbocycles. The number of rotatable bonds is 7. The molecule has 0 aromatic heterocycles. The molecule has 24 heavy (non-hydrogen) atoms. The number of aryl methyl sites for hydroxylation is 2. The summed E-state index contributed by atoms with van der Waals surface area (Å²) < 4.78 is 30.4. The Kier molecular flexibility index (Phi) is 6.02. The Morgan fingerprint density at radius 1 is 1.00 bits per heavy atom. The maximum absolute atomic E-state index is 11.7. The van der Waals surface area contributed by atoms with Crippen molar-refractivity contribution in [3.8, 4) is 16.9 Å². The van der Waals surface area contributed by atoms with E-state index < -0.39 is 10.0 Å². The third-order valence-corrected chi connectivity index (χ3v) is 5.86. The van der Waals surface area contributed by atoms with Crippen molar-refractivity contribution in [2.24, 2.45) is 0 Å². The minimum Gasteiger partial charge on any atom is -0.494 e. The maximum atomic E-state index is 11.7. The number of hydrogen-bond donors (Lipinski definition) is 0. The van der Waals surface area contributed by atoms with Crippen LogP contribution < -0.4 is 4.74 Å². The van der Waals surface area contributed by atoms with Crippen LogP contribution in [0.15, 0.2) is 42.5 Å². The Labute approximate surface area is 145 Å². The second-order valence-electron chi connectivity index (χ2n) is 6.10. The Morgan fingerprint density at radius 3 is 2.12 bits per heavy atom.